The number of anilines is 1. The van der Waals surface area contributed by atoms with Gasteiger partial charge in [0.25, 0.3) is 17.7 Å². The summed E-state index contributed by atoms with van der Waals surface area (Å²) < 4.78 is 5.09. The van der Waals surface area contributed by atoms with Crippen LogP contribution in [0.5, 0.6) is 0 Å². The predicted octanol–water partition coefficient (Wildman–Crippen LogP) is 3.28. The number of hydrogen-bond acceptors (Lipinski definition) is 5. The van der Waals surface area contributed by atoms with Gasteiger partial charge in [-0.1, -0.05) is 44.2 Å². The summed E-state index contributed by atoms with van der Waals surface area (Å²) in [5, 5.41) is 2.79. The molecule has 0 unspecified atom stereocenters. The quantitative estimate of drug-likeness (QED) is 0.585. The predicted molar refractivity (Wildman–Crippen MR) is 111 cm³/mol. The molecule has 7 nitrogen and oxygen atoms in total. The first kappa shape index (κ1) is 21.2. The number of nitrogens with one attached hydrogen (secondary N) is 1. The molecular weight excluding hydrogens is 384 g/mol. The van der Waals surface area contributed by atoms with Gasteiger partial charge in [0, 0.05) is 5.69 Å². The summed E-state index contributed by atoms with van der Waals surface area (Å²) in [6.45, 7) is 6.82. The molecule has 2 aromatic rings. The highest BCUT2D eigenvalue weighted by molar-refractivity contribution is 6.22. The summed E-state index contributed by atoms with van der Waals surface area (Å²) in [4.78, 5) is 50.6. The molecule has 0 spiro atoms. The van der Waals surface area contributed by atoms with E-state index in [2.05, 4.69) is 5.32 Å². The summed E-state index contributed by atoms with van der Waals surface area (Å²) in [7, 11) is 0. The molecule has 0 aliphatic carbocycles. The topological polar surface area (TPSA) is 92.8 Å². The number of carbonyl (C=O) groups is 4. The van der Waals surface area contributed by atoms with E-state index in [1.165, 1.54) is 19.1 Å². The molecule has 0 bridgehead atoms. The third-order valence-electron chi connectivity index (χ3n) is 5.09. The van der Waals surface area contributed by atoms with E-state index in [1.54, 1.807) is 12.1 Å². The molecule has 156 valence electrons. The van der Waals surface area contributed by atoms with Crippen molar-refractivity contribution >= 4 is 29.4 Å². The minimum Gasteiger partial charge on any atom is -0.454 e. The normalized spacial score (nSPS) is 14.0. The van der Waals surface area contributed by atoms with E-state index in [1.807, 2.05) is 39.0 Å². The number of nitrogens with zero attached hydrogens (tertiary/aromatic N) is 1. The second-order valence-corrected chi connectivity index (χ2v) is 7.55. The van der Waals surface area contributed by atoms with Crippen LogP contribution in [0.3, 0.4) is 0 Å². The molecule has 3 amide bonds. The van der Waals surface area contributed by atoms with Gasteiger partial charge in [-0.3, -0.25) is 19.3 Å². The standard InChI is InChI=1S/C23H24N2O5/c1-13(2)16-11-7-8-14(3)20(16)24-19(26)12-30-23(29)15(4)25-21(27)17-9-5-6-10-18(17)22(25)28/h5-11,13,15H,12H2,1-4H3,(H,24,26)/t15-/m0/s1. The van der Waals surface area contributed by atoms with Gasteiger partial charge in [-0.15, -0.1) is 0 Å². The molecular formula is C23H24N2O5. The molecule has 7 heteroatoms. The fourth-order valence-corrected chi connectivity index (χ4v) is 3.44. The highest BCUT2D eigenvalue weighted by Crippen LogP contribution is 2.27. The molecule has 3 rings (SSSR count). The summed E-state index contributed by atoms with van der Waals surface area (Å²) in [6, 6.07) is 11.0. The molecule has 0 fully saturated rings. The number of rotatable bonds is 6. The second-order valence-electron chi connectivity index (χ2n) is 7.55. The smallest absolute Gasteiger partial charge is 0.329 e. The van der Waals surface area contributed by atoms with Gasteiger partial charge >= 0.3 is 5.97 Å². The van der Waals surface area contributed by atoms with Crippen molar-refractivity contribution in [1.82, 2.24) is 4.90 Å². The maximum absolute atomic E-state index is 12.5. The lowest BCUT2D eigenvalue weighted by Gasteiger charge is -2.21. The van der Waals surface area contributed by atoms with E-state index in [0.717, 1.165) is 16.0 Å². The second kappa shape index (κ2) is 8.49. The third kappa shape index (κ3) is 3.96. The lowest BCUT2D eigenvalue weighted by atomic mass is 9.98. The number of esters is 1. The van der Waals surface area contributed by atoms with Gasteiger partial charge in [-0.2, -0.15) is 0 Å². The summed E-state index contributed by atoms with van der Waals surface area (Å²) in [5.41, 5.74) is 3.08. The fourth-order valence-electron chi connectivity index (χ4n) is 3.44. The van der Waals surface area contributed by atoms with Crippen LogP contribution in [0.2, 0.25) is 0 Å². The number of imide groups is 1. The van der Waals surface area contributed by atoms with Crippen molar-refractivity contribution in [3.63, 3.8) is 0 Å². The maximum Gasteiger partial charge on any atom is 0.329 e. The zero-order valence-corrected chi connectivity index (χ0v) is 17.4. The monoisotopic (exact) mass is 408 g/mol. The summed E-state index contributed by atoms with van der Waals surface area (Å²) in [5.74, 6) is -2.21. The highest BCUT2D eigenvalue weighted by Gasteiger charge is 2.41. The van der Waals surface area contributed by atoms with Crippen LogP contribution in [0.15, 0.2) is 42.5 Å². The van der Waals surface area contributed by atoms with Gasteiger partial charge in [0.2, 0.25) is 0 Å². The van der Waals surface area contributed by atoms with Crippen LogP contribution in [0, 0.1) is 6.92 Å². The Morgan fingerprint density at radius 1 is 0.967 bits per heavy atom. The molecule has 1 aliphatic heterocycles. The number of benzene rings is 2. The van der Waals surface area contributed by atoms with E-state index < -0.39 is 36.3 Å². The molecule has 30 heavy (non-hydrogen) atoms. The Bertz CT molecular complexity index is 993. The SMILES string of the molecule is Cc1cccc(C(C)C)c1NC(=O)COC(=O)[C@H](C)N1C(=O)c2ccccc2C1=O. The summed E-state index contributed by atoms with van der Waals surface area (Å²) in [6.07, 6.45) is 0. The number of ether oxygens (including phenoxy) is 1. The third-order valence-corrected chi connectivity index (χ3v) is 5.09. The Hall–Kier alpha value is -3.48. The first-order chi connectivity index (χ1) is 14.2. The molecule has 0 saturated heterocycles. The van der Waals surface area contributed by atoms with Crippen molar-refractivity contribution in [1.29, 1.82) is 0 Å². The summed E-state index contributed by atoms with van der Waals surface area (Å²) >= 11 is 0. The van der Waals surface area contributed by atoms with Crippen molar-refractivity contribution in [3.05, 3.63) is 64.7 Å². The van der Waals surface area contributed by atoms with Crippen LogP contribution in [0.4, 0.5) is 5.69 Å². The van der Waals surface area contributed by atoms with Crippen LogP contribution < -0.4 is 5.32 Å². The first-order valence-corrected chi connectivity index (χ1v) is 9.75. The maximum atomic E-state index is 12.5. The van der Waals surface area contributed by atoms with Crippen molar-refractivity contribution in [3.8, 4) is 0 Å². The Morgan fingerprint density at radius 2 is 1.57 bits per heavy atom. The number of aryl methyl sites for hydroxylation is 1. The molecule has 2 aromatic carbocycles. The van der Waals surface area contributed by atoms with Gasteiger partial charge in [-0.25, -0.2) is 4.79 Å². The lowest BCUT2D eigenvalue weighted by molar-refractivity contribution is -0.150. The highest BCUT2D eigenvalue weighted by atomic mass is 16.5. The molecule has 0 saturated carbocycles. The lowest BCUT2D eigenvalue weighted by Crippen LogP contribution is -2.44. The van der Waals surface area contributed by atoms with Gasteiger partial charge in [0.1, 0.15) is 6.04 Å². The minimum absolute atomic E-state index is 0.205. The Morgan fingerprint density at radius 3 is 2.13 bits per heavy atom. The minimum atomic E-state index is -1.14. The van der Waals surface area contributed by atoms with Crippen molar-refractivity contribution in [2.24, 2.45) is 0 Å². The zero-order valence-electron chi connectivity index (χ0n) is 17.4. The Balaban J connectivity index is 1.63. The average molecular weight is 408 g/mol. The van der Waals surface area contributed by atoms with Gasteiger partial charge in [0.15, 0.2) is 6.61 Å². The van der Waals surface area contributed by atoms with E-state index in [9.17, 15) is 19.2 Å². The molecule has 0 radical (unpaired) electrons. The van der Waals surface area contributed by atoms with Crippen LogP contribution in [0.25, 0.3) is 0 Å². The number of fused-ring (bicyclic) bond motifs is 1. The van der Waals surface area contributed by atoms with Gasteiger partial charge in [-0.05, 0) is 43.0 Å². The van der Waals surface area contributed by atoms with Crippen molar-refractivity contribution in [2.75, 3.05) is 11.9 Å². The van der Waals surface area contributed by atoms with Crippen molar-refractivity contribution in [2.45, 2.75) is 39.7 Å². The first-order valence-electron chi connectivity index (χ1n) is 9.75. The molecule has 1 aliphatic rings. The van der Waals surface area contributed by atoms with E-state index in [0.29, 0.717) is 5.69 Å². The Labute approximate surface area is 175 Å². The van der Waals surface area contributed by atoms with Crippen LogP contribution in [0.1, 0.15) is 58.5 Å². The fraction of sp³-hybridized carbons (Fsp3) is 0.304. The Kier molecular flexibility index (Phi) is 6.01. The van der Waals surface area contributed by atoms with E-state index in [4.69, 9.17) is 4.74 Å². The van der Waals surface area contributed by atoms with Crippen LogP contribution in [-0.2, 0) is 14.3 Å². The van der Waals surface area contributed by atoms with Crippen LogP contribution >= 0.6 is 0 Å². The largest absolute Gasteiger partial charge is 0.454 e. The number of hydrogen-bond donors (Lipinski definition) is 1. The number of carbonyl (C=O) groups excluding carboxylic acids is 4. The van der Waals surface area contributed by atoms with Gasteiger partial charge in [0.05, 0.1) is 11.1 Å². The van der Waals surface area contributed by atoms with E-state index in [-0.39, 0.29) is 17.0 Å². The molecule has 1 N–H and O–H groups in total. The molecule has 1 heterocycles. The number of amides is 3. The van der Waals surface area contributed by atoms with Gasteiger partial charge < -0.3 is 10.1 Å². The zero-order chi connectivity index (χ0) is 22.0. The molecule has 1 atom stereocenters. The van der Waals surface area contributed by atoms with Crippen LogP contribution in [-0.4, -0.2) is 41.2 Å². The number of para-hydroxylation sites is 1. The van der Waals surface area contributed by atoms with Crippen molar-refractivity contribution < 1.29 is 23.9 Å². The average Bonchev–Trinajstić information content (AvgIpc) is 2.97. The molecule has 0 aromatic heterocycles. The van der Waals surface area contributed by atoms with E-state index >= 15 is 0 Å².